The van der Waals surface area contributed by atoms with Gasteiger partial charge in [0.25, 0.3) is 11.8 Å². The van der Waals surface area contributed by atoms with Gasteiger partial charge in [0, 0.05) is 30.6 Å². The lowest BCUT2D eigenvalue weighted by atomic mass is 10.1. The third-order valence-corrected chi connectivity index (χ3v) is 4.64. The number of nitrogens with zero attached hydrogens (tertiary/aromatic N) is 1. The Morgan fingerprint density at radius 1 is 0.903 bits per heavy atom. The molecule has 0 bridgehead atoms. The van der Waals surface area contributed by atoms with Crippen molar-refractivity contribution in [2.45, 2.75) is 6.92 Å². The van der Waals surface area contributed by atoms with Gasteiger partial charge < -0.3 is 19.7 Å². The van der Waals surface area contributed by atoms with Crippen molar-refractivity contribution in [2.24, 2.45) is 0 Å². The number of benzene rings is 3. The summed E-state index contributed by atoms with van der Waals surface area (Å²) in [5, 5.41) is 2.85. The van der Waals surface area contributed by atoms with E-state index in [2.05, 4.69) is 5.32 Å². The van der Waals surface area contributed by atoms with Gasteiger partial charge in [-0.3, -0.25) is 9.59 Å². The molecular formula is C25H26N2O4. The highest BCUT2D eigenvalue weighted by Crippen LogP contribution is 2.21. The van der Waals surface area contributed by atoms with Gasteiger partial charge in [0.1, 0.15) is 12.4 Å². The molecule has 0 unspecified atom stereocenters. The van der Waals surface area contributed by atoms with Gasteiger partial charge in [-0.2, -0.15) is 0 Å². The number of hydrogen-bond donors (Lipinski definition) is 1. The number of ether oxygens (including phenoxy) is 2. The van der Waals surface area contributed by atoms with Crippen molar-refractivity contribution >= 4 is 23.2 Å². The molecule has 31 heavy (non-hydrogen) atoms. The molecule has 1 N–H and O–H groups in total. The van der Waals surface area contributed by atoms with Gasteiger partial charge in [0.15, 0.2) is 0 Å². The molecule has 0 saturated carbocycles. The minimum Gasteiger partial charge on any atom is -0.490 e. The third kappa shape index (κ3) is 5.93. The third-order valence-electron chi connectivity index (χ3n) is 4.64. The molecule has 0 atom stereocenters. The lowest BCUT2D eigenvalue weighted by molar-refractivity contribution is 0.0986. The minimum absolute atomic E-state index is 0.165. The first kappa shape index (κ1) is 22.1. The Labute approximate surface area is 182 Å². The molecule has 0 spiro atoms. The van der Waals surface area contributed by atoms with Crippen LogP contribution in [-0.4, -0.2) is 38.7 Å². The molecule has 0 aliphatic rings. The van der Waals surface area contributed by atoms with E-state index in [4.69, 9.17) is 9.47 Å². The second-order valence-electron chi connectivity index (χ2n) is 6.78. The van der Waals surface area contributed by atoms with Gasteiger partial charge in [0.05, 0.1) is 12.2 Å². The van der Waals surface area contributed by atoms with Crippen LogP contribution in [0.25, 0.3) is 0 Å². The zero-order valence-electron chi connectivity index (χ0n) is 17.7. The predicted molar refractivity (Wildman–Crippen MR) is 122 cm³/mol. The van der Waals surface area contributed by atoms with Crippen LogP contribution in [-0.2, 0) is 4.74 Å². The highest BCUT2D eigenvalue weighted by molar-refractivity contribution is 6.09. The number of amides is 2. The monoisotopic (exact) mass is 418 g/mol. The summed E-state index contributed by atoms with van der Waals surface area (Å²) in [6.07, 6.45) is 0. The van der Waals surface area contributed by atoms with E-state index in [9.17, 15) is 9.59 Å². The number of rotatable bonds is 9. The topological polar surface area (TPSA) is 67.9 Å². The summed E-state index contributed by atoms with van der Waals surface area (Å²) >= 11 is 0. The predicted octanol–water partition coefficient (Wildman–Crippen LogP) is 4.63. The van der Waals surface area contributed by atoms with Crippen LogP contribution in [0, 0.1) is 0 Å². The van der Waals surface area contributed by atoms with Gasteiger partial charge in [-0.25, -0.2) is 0 Å². The maximum atomic E-state index is 12.9. The van der Waals surface area contributed by atoms with E-state index >= 15 is 0 Å². The average molecular weight is 418 g/mol. The molecule has 2 amide bonds. The number of para-hydroxylation sites is 2. The van der Waals surface area contributed by atoms with Crippen LogP contribution in [0.15, 0.2) is 78.9 Å². The van der Waals surface area contributed by atoms with Gasteiger partial charge in [-0.05, 0) is 49.4 Å². The van der Waals surface area contributed by atoms with Crippen LogP contribution in [0.2, 0.25) is 0 Å². The van der Waals surface area contributed by atoms with E-state index < -0.39 is 0 Å². The van der Waals surface area contributed by atoms with Crippen LogP contribution in [0.1, 0.15) is 27.6 Å². The smallest absolute Gasteiger partial charge is 0.259 e. The molecular weight excluding hydrogens is 392 g/mol. The summed E-state index contributed by atoms with van der Waals surface area (Å²) in [6, 6.07) is 23.3. The summed E-state index contributed by atoms with van der Waals surface area (Å²) in [5.74, 6) is 0.00530. The number of carbonyl (C=O) groups is 2. The molecule has 0 fully saturated rings. The number of hydrogen-bond acceptors (Lipinski definition) is 4. The SMILES string of the molecule is CCOCCOc1ccccc1C(=O)Nc1cccc(C(=O)N(C)c2ccccc2)c1. The van der Waals surface area contributed by atoms with Crippen molar-refractivity contribution in [1.82, 2.24) is 0 Å². The van der Waals surface area contributed by atoms with Crippen molar-refractivity contribution in [1.29, 1.82) is 0 Å². The summed E-state index contributed by atoms with van der Waals surface area (Å²) in [5.41, 5.74) is 2.21. The van der Waals surface area contributed by atoms with E-state index in [-0.39, 0.29) is 11.8 Å². The van der Waals surface area contributed by atoms with Crippen LogP contribution < -0.4 is 15.0 Å². The number of nitrogens with one attached hydrogen (secondary N) is 1. The quantitative estimate of drug-likeness (QED) is 0.515. The standard InChI is InChI=1S/C25H26N2O4/c1-3-30-16-17-31-23-15-8-7-14-22(23)24(28)26-20-11-9-10-19(18-20)25(29)27(2)21-12-5-4-6-13-21/h4-15,18H,3,16-17H2,1-2H3,(H,26,28). The summed E-state index contributed by atoms with van der Waals surface area (Å²) in [4.78, 5) is 27.3. The molecule has 0 radical (unpaired) electrons. The Bertz CT molecular complexity index is 1020. The van der Waals surface area contributed by atoms with Crippen molar-refractivity contribution in [3.63, 3.8) is 0 Å². The summed E-state index contributed by atoms with van der Waals surface area (Å²) in [7, 11) is 1.72. The van der Waals surface area contributed by atoms with Crippen LogP contribution in [0.5, 0.6) is 5.75 Å². The molecule has 3 aromatic rings. The van der Waals surface area contributed by atoms with Crippen molar-refractivity contribution in [3.8, 4) is 5.75 Å². The second-order valence-corrected chi connectivity index (χ2v) is 6.78. The highest BCUT2D eigenvalue weighted by atomic mass is 16.5. The lowest BCUT2D eigenvalue weighted by Crippen LogP contribution is -2.26. The molecule has 0 heterocycles. The highest BCUT2D eigenvalue weighted by Gasteiger charge is 2.16. The van der Waals surface area contributed by atoms with Gasteiger partial charge >= 0.3 is 0 Å². The molecule has 0 aromatic heterocycles. The molecule has 0 aliphatic heterocycles. The molecule has 3 rings (SSSR count). The molecule has 0 aliphatic carbocycles. The van der Waals surface area contributed by atoms with Gasteiger partial charge in [0.2, 0.25) is 0 Å². The average Bonchev–Trinajstić information content (AvgIpc) is 2.82. The first-order chi connectivity index (χ1) is 15.1. The normalized spacial score (nSPS) is 10.4. The minimum atomic E-state index is -0.312. The van der Waals surface area contributed by atoms with Gasteiger partial charge in [-0.15, -0.1) is 0 Å². The van der Waals surface area contributed by atoms with E-state index in [1.807, 2.05) is 43.3 Å². The van der Waals surface area contributed by atoms with E-state index in [1.54, 1.807) is 54.4 Å². The zero-order chi connectivity index (χ0) is 22.1. The fraction of sp³-hybridized carbons (Fsp3) is 0.200. The van der Waals surface area contributed by atoms with Crippen molar-refractivity contribution < 1.29 is 19.1 Å². The Balaban J connectivity index is 1.71. The maximum absolute atomic E-state index is 12.9. The molecule has 6 heteroatoms. The first-order valence-electron chi connectivity index (χ1n) is 10.1. The molecule has 160 valence electrons. The fourth-order valence-corrected chi connectivity index (χ4v) is 3.03. The molecule has 3 aromatic carbocycles. The number of carbonyl (C=O) groups excluding carboxylic acids is 2. The van der Waals surface area contributed by atoms with Crippen molar-refractivity contribution in [3.05, 3.63) is 90.0 Å². The van der Waals surface area contributed by atoms with E-state index in [0.717, 1.165) is 5.69 Å². The molecule has 6 nitrogen and oxygen atoms in total. The second kappa shape index (κ2) is 10.9. The van der Waals surface area contributed by atoms with Gasteiger partial charge in [-0.1, -0.05) is 36.4 Å². The van der Waals surface area contributed by atoms with E-state index in [1.165, 1.54) is 0 Å². The van der Waals surface area contributed by atoms with Crippen LogP contribution in [0.4, 0.5) is 11.4 Å². The Kier molecular flexibility index (Phi) is 7.79. The Hall–Kier alpha value is -3.64. The maximum Gasteiger partial charge on any atom is 0.259 e. The first-order valence-corrected chi connectivity index (χ1v) is 10.1. The number of anilines is 2. The Morgan fingerprint density at radius 3 is 2.42 bits per heavy atom. The summed E-state index contributed by atoms with van der Waals surface area (Å²) < 4.78 is 11.0. The zero-order valence-corrected chi connectivity index (χ0v) is 17.7. The largest absolute Gasteiger partial charge is 0.490 e. The lowest BCUT2D eigenvalue weighted by Gasteiger charge is -2.18. The van der Waals surface area contributed by atoms with E-state index in [0.29, 0.717) is 42.4 Å². The molecule has 0 saturated heterocycles. The van der Waals surface area contributed by atoms with Crippen LogP contribution >= 0.6 is 0 Å². The van der Waals surface area contributed by atoms with Crippen LogP contribution in [0.3, 0.4) is 0 Å². The Morgan fingerprint density at radius 2 is 1.65 bits per heavy atom. The van der Waals surface area contributed by atoms with Crippen molar-refractivity contribution in [2.75, 3.05) is 37.1 Å². The summed E-state index contributed by atoms with van der Waals surface area (Å²) in [6.45, 7) is 3.33. The fourth-order valence-electron chi connectivity index (χ4n) is 3.03.